The van der Waals surface area contributed by atoms with Gasteiger partial charge < -0.3 is 5.11 Å². The van der Waals surface area contributed by atoms with Crippen LogP contribution in [0.5, 0.6) is 0 Å². The third kappa shape index (κ3) is 2.87. The zero-order valence-corrected chi connectivity index (χ0v) is 10.3. The van der Waals surface area contributed by atoms with E-state index in [0.717, 1.165) is 24.3 Å². The van der Waals surface area contributed by atoms with Crippen LogP contribution < -0.4 is 0 Å². The molecule has 0 aromatic heterocycles. The van der Waals surface area contributed by atoms with Crippen LogP contribution in [0.4, 0.5) is 0 Å². The molecule has 1 aromatic carbocycles. The molecule has 2 rings (SSSR count). The molecule has 1 atom stereocenters. The molecule has 0 heterocycles. The highest BCUT2D eigenvalue weighted by Crippen LogP contribution is 2.38. The molecule has 0 bridgehead atoms. The third-order valence-electron chi connectivity index (χ3n) is 3.96. The van der Waals surface area contributed by atoms with Crippen LogP contribution in [0.1, 0.15) is 44.1 Å². The predicted molar refractivity (Wildman–Crippen MR) is 67.9 cm³/mol. The minimum atomic E-state index is -0.671. The number of hydrogen-bond donors (Lipinski definition) is 1. The third-order valence-corrected chi connectivity index (χ3v) is 3.96. The molecule has 17 heavy (non-hydrogen) atoms. The second-order valence-electron chi connectivity index (χ2n) is 5.25. The average Bonchev–Trinajstić information content (AvgIpc) is 2.33. The lowest BCUT2D eigenvalue weighted by Gasteiger charge is -2.30. The minimum absolute atomic E-state index is 0.311. The van der Waals surface area contributed by atoms with Crippen LogP contribution in [-0.2, 0) is 4.79 Å². The van der Waals surface area contributed by atoms with Gasteiger partial charge in [-0.3, -0.25) is 4.79 Å². The van der Waals surface area contributed by atoms with E-state index in [-0.39, 0.29) is 5.92 Å². The highest BCUT2D eigenvalue weighted by atomic mass is 16.4. The number of aliphatic carboxylic acids is 1. The van der Waals surface area contributed by atoms with Gasteiger partial charge >= 0.3 is 5.97 Å². The Morgan fingerprint density at radius 1 is 1.18 bits per heavy atom. The topological polar surface area (TPSA) is 37.3 Å². The first-order valence-corrected chi connectivity index (χ1v) is 6.46. The van der Waals surface area contributed by atoms with Gasteiger partial charge in [-0.05, 0) is 30.2 Å². The van der Waals surface area contributed by atoms with E-state index in [2.05, 4.69) is 6.92 Å². The van der Waals surface area contributed by atoms with Gasteiger partial charge in [-0.1, -0.05) is 50.1 Å². The molecular formula is C15H20O2. The molecule has 1 aromatic rings. The number of carboxylic acid groups (broad SMARTS) is 1. The van der Waals surface area contributed by atoms with Gasteiger partial charge in [0.05, 0.1) is 5.92 Å². The second kappa shape index (κ2) is 5.35. The lowest BCUT2D eigenvalue weighted by atomic mass is 9.74. The summed E-state index contributed by atoms with van der Waals surface area (Å²) >= 11 is 0. The minimum Gasteiger partial charge on any atom is -0.481 e. The first-order chi connectivity index (χ1) is 8.18. The first kappa shape index (κ1) is 12.2. The molecule has 0 spiro atoms. The second-order valence-corrected chi connectivity index (χ2v) is 5.25. The van der Waals surface area contributed by atoms with Crippen molar-refractivity contribution in [2.75, 3.05) is 0 Å². The summed E-state index contributed by atoms with van der Waals surface area (Å²) in [6, 6.07) is 9.67. The summed E-state index contributed by atoms with van der Waals surface area (Å²) in [4.78, 5) is 11.5. The molecule has 1 N–H and O–H groups in total. The van der Waals surface area contributed by atoms with E-state index in [1.165, 1.54) is 12.8 Å². The fraction of sp³-hybridized carbons (Fsp3) is 0.533. The van der Waals surface area contributed by atoms with E-state index in [1.807, 2.05) is 30.3 Å². The SMILES string of the molecule is CC1CCC(C(C(=O)O)c2ccccc2)CC1. The van der Waals surface area contributed by atoms with Crippen LogP contribution in [0.2, 0.25) is 0 Å². The number of rotatable bonds is 3. The largest absolute Gasteiger partial charge is 0.481 e. The lowest BCUT2D eigenvalue weighted by Crippen LogP contribution is -2.25. The van der Waals surface area contributed by atoms with Gasteiger partial charge in [-0.25, -0.2) is 0 Å². The van der Waals surface area contributed by atoms with Crippen molar-refractivity contribution in [1.29, 1.82) is 0 Å². The Labute approximate surface area is 103 Å². The molecular weight excluding hydrogens is 212 g/mol. The Balaban J connectivity index is 2.16. The van der Waals surface area contributed by atoms with Crippen molar-refractivity contribution >= 4 is 5.97 Å². The van der Waals surface area contributed by atoms with E-state index in [4.69, 9.17) is 0 Å². The number of carboxylic acids is 1. The van der Waals surface area contributed by atoms with Crippen molar-refractivity contribution in [3.8, 4) is 0 Å². The summed E-state index contributed by atoms with van der Waals surface area (Å²) in [6.45, 7) is 2.26. The van der Waals surface area contributed by atoms with Gasteiger partial charge in [-0.15, -0.1) is 0 Å². The predicted octanol–water partition coefficient (Wildman–Crippen LogP) is 3.68. The average molecular weight is 232 g/mol. The number of carbonyl (C=O) groups is 1. The fourth-order valence-electron chi connectivity index (χ4n) is 2.90. The van der Waals surface area contributed by atoms with Gasteiger partial charge in [0.1, 0.15) is 0 Å². The standard InChI is InChI=1S/C15H20O2/c1-11-7-9-13(10-8-11)14(15(16)17)12-5-3-2-4-6-12/h2-6,11,13-14H,7-10H2,1H3,(H,16,17). The molecule has 0 saturated heterocycles. The fourth-order valence-corrected chi connectivity index (χ4v) is 2.90. The highest BCUT2D eigenvalue weighted by Gasteiger charge is 2.31. The lowest BCUT2D eigenvalue weighted by molar-refractivity contribution is -0.140. The number of hydrogen-bond acceptors (Lipinski definition) is 1. The van der Waals surface area contributed by atoms with Crippen molar-refractivity contribution in [3.05, 3.63) is 35.9 Å². The summed E-state index contributed by atoms with van der Waals surface area (Å²) in [6.07, 6.45) is 4.43. The van der Waals surface area contributed by atoms with Gasteiger partial charge in [0.25, 0.3) is 0 Å². The van der Waals surface area contributed by atoms with Crippen LogP contribution in [0.3, 0.4) is 0 Å². The molecule has 92 valence electrons. The van der Waals surface area contributed by atoms with Gasteiger partial charge in [0.15, 0.2) is 0 Å². The molecule has 1 saturated carbocycles. The molecule has 1 fully saturated rings. The molecule has 1 aliphatic carbocycles. The van der Waals surface area contributed by atoms with Crippen LogP contribution in [-0.4, -0.2) is 11.1 Å². The maximum Gasteiger partial charge on any atom is 0.311 e. The molecule has 0 radical (unpaired) electrons. The molecule has 0 amide bonds. The van der Waals surface area contributed by atoms with Crippen molar-refractivity contribution in [2.24, 2.45) is 11.8 Å². The zero-order chi connectivity index (χ0) is 12.3. The maximum atomic E-state index is 11.5. The van der Waals surface area contributed by atoms with E-state index in [1.54, 1.807) is 0 Å². The van der Waals surface area contributed by atoms with Gasteiger partial charge in [0, 0.05) is 0 Å². The van der Waals surface area contributed by atoms with Crippen molar-refractivity contribution < 1.29 is 9.90 Å². The molecule has 1 aliphatic rings. The summed E-state index contributed by atoms with van der Waals surface area (Å²) in [5, 5.41) is 9.44. The Kier molecular flexibility index (Phi) is 3.82. The Hall–Kier alpha value is -1.31. The summed E-state index contributed by atoms with van der Waals surface area (Å²) in [5.41, 5.74) is 0.958. The molecule has 1 unspecified atom stereocenters. The quantitative estimate of drug-likeness (QED) is 0.863. The van der Waals surface area contributed by atoms with Gasteiger partial charge in [-0.2, -0.15) is 0 Å². The highest BCUT2D eigenvalue weighted by molar-refractivity contribution is 5.76. The Bertz CT molecular complexity index is 364. The van der Waals surface area contributed by atoms with Crippen LogP contribution >= 0.6 is 0 Å². The Morgan fingerprint density at radius 3 is 2.29 bits per heavy atom. The Morgan fingerprint density at radius 2 is 1.76 bits per heavy atom. The van der Waals surface area contributed by atoms with Crippen LogP contribution in [0.25, 0.3) is 0 Å². The monoisotopic (exact) mass is 232 g/mol. The normalized spacial score (nSPS) is 26.4. The van der Waals surface area contributed by atoms with Crippen molar-refractivity contribution in [1.82, 2.24) is 0 Å². The molecule has 2 nitrogen and oxygen atoms in total. The number of benzene rings is 1. The van der Waals surface area contributed by atoms with Crippen molar-refractivity contribution in [2.45, 2.75) is 38.5 Å². The van der Waals surface area contributed by atoms with E-state index >= 15 is 0 Å². The van der Waals surface area contributed by atoms with E-state index < -0.39 is 5.97 Å². The van der Waals surface area contributed by atoms with Crippen molar-refractivity contribution in [3.63, 3.8) is 0 Å². The summed E-state index contributed by atoms with van der Waals surface area (Å²) < 4.78 is 0. The summed E-state index contributed by atoms with van der Waals surface area (Å²) in [5.74, 6) is 0.0852. The van der Waals surface area contributed by atoms with Crippen LogP contribution in [0.15, 0.2) is 30.3 Å². The molecule has 0 aliphatic heterocycles. The van der Waals surface area contributed by atoms with Gasteiger partial charge in [0.2, 0.25) is 0 Å². The van der Waals surface area contributed by atoms with E-state index in [9.17, 15) is 9.90 Å². The summed E-state index contributed by atoms with van der Waals surface area (Å²) in [7, 11) is 0. The van der Waals surface area contributed by atoms with Crippen LogP contribution in [0, 0.1) is 11.8 Å². The molecule has 2 heteroatoms. The zero-order valence-electron chi connectivity index (χ0n) is 10.3. The smallest absolute Gasteiger partial charge is 0.311 e. The van der Waals surface area contributed by atoms with E-state index in [0.29, 0.717) is 5.92 Å². The maximum absolute atomic E-state index is 11.5. The first-order valence-electron chi connectivity index (χ1n) is 6.46.